The molecule has 0 amide bonds. The molecule has 0 saturated heterocycles. The summed E-state index contributed by atoms with van der Waals surface area (Å²) in [6.07, 6.45) is 2.06. The van der Waals surface area contributed by atoms with E-state index in [-0.39, 0.29) is 5.54 Å². The van der Waals surface area contributed by atoms with Crippen LogP contribution >= 0.6 is 11.6 Å². The Balaban J connectivity index is 1.79. The Labute approximate surface area is 131 Å². The number of rotatable bonds is 4. The minimum Gasteiger partial charge on any atom is -0.329 e. The van der Waals surface area contributed by atoms with Crippen LogP contribution in [-0.2, 0) is 19.4 Å². The number of fused-ring (bicyclic) bond motifs is 1. The van der Waals surface area contributed by atoms with Crippen LogP contribution in [0.3, 0.4) is 0 Å². The highest BCUT2D eigenvalue weighted by Gasteiger charge is 2.39. The van der Waals surface area contributed by atoms with Gasteiger partial charge in [0.1, 0.15) is 0 Å². The van der Waals surface area contributed by atoms with E-state index in [2.05, 4.69) is 48.3 Å². The van der Waals surface area contributed by atoms with Crippen molar-refractivity contribution in [1.29, 1.82) is 0 Å². The summed E-state index contributed by atoms with van der Waals surface area (Å²) in [7, 11) is 2.17. The first kappa shape index (κ1) is 14.6. The van der Waals surface area contributed by atoms with Crippen molar-refractivity contribution in [3.8, 4) is 0 Å². The molecule has 1 aliphatic carbocycles. The van der Waals surface area contributed by atoms with Crippen molar-refractivity contribution in [3.05, 3.63) is 70.2 Å². The van der Waals surface area contributed by atoms with Crippen LogP contribution in [0.25, 0.3) is 0 Å². The van der Waals surface area contributed by atoms with E-state index in [9.17, 15) is 0 Å². The average molecular weight is 301 g/mol. The summed E-state index contributed by atoms with van der Waals surface area (Å²) in [5, 5.41) is 0.781. The lowest BCUT2D eigenvalue weighted by Gasteiger charge is -2.38. The molecule has 2 aromatic rings. The molecule has 3 heteroatoms. The van der Waals surface area contributed by atoms with Gasteiger partial charge in [0, 0.05) is 23.7 Å². The summed E-state index contributed by atoms with van der Waals surface area (Å²) in [4.78, 5) is 2.40. The fourth-order valence-electron chi connectivity index (χ4n) is 3.28. The van der Waals surface area contributed by atoms with Crippen LogP contribution in [0.15, 0.2) is 48.5 Å². The molecule has 2 aromatic carbocycles. The largest absolute Gasteiger partial charge is 0.329 e. The summed E-state index contributed by atoms with van der Waals surface area (Å²) < 4.78 is 0. The van der Waals surface area contributed by atoms with Crippen molar-refractivity contribution in [2.75, 3.05) is 13.6 Å². The first-order chi connectivity index (χ1) is 10.1. The molecule has 0 atom stereocenters. The van der Waals surface area contributed by atoms with Gasteiger partial charge in [-0.15, -0.1) is 0 Å². The number of halogens is 1. The molecule has 0 fully saturated rings. The highest BCUT2D eigenvalue weighted by molar-refractivity contribution is 6.30. The third kappa shape index (κ3) is 2.84. The summed E-state index contributed by atoms with van der Waals surface area (Å²) in [5.41, 5.74) is 10.3. The molecule has 2 nitrogen and oxygen atoms in total. The van der Waals surface area contributed by atoms with Crippen LogP contribution in [-0.4, -0.2) is 24.0 Å². The predicted molar refractivity (Wildman–Crippen MR) is 88.6 cm³/mol. The second-order valence-electron chi connectivity index (χ2n) is 6.03. The molecule has 0 bridgehead atoms. The number of nitrogens with two attached hydrogens (primary N) is 1. The molecular weight excluding hydrogens is 280 g/mol. The van der Waals surface area contributed by atoms with Crippen molar-refractivity contribution < 1.29 is 0 Å². The second kappa shape index (κ2) is 5.80. The quantitative estimate of drug-likeness (QED) is 0.939. The van der Waals surface area contributed by atoms with E-state index in [0.29, 0.717) is 6.54 Å². The maximum absolute atomic E-state index is 6.16. The van der Waals surface area contributed by atoms with Gasteiger partial charge in [-0.2, -0.15) is 0 Å². The van der Waals surface area contributed by atoms with Gasteiger partial charge in [0.2, 0.25) is 0 Å². The van der Waals surface area contributed by atoms with Crippen LogP contribution in [0, 0.1) is 0 Å². The van der Waals surface area contributed by atoms with Gasteiger partial charge in [0.15, 0.2) is 0 Å². The van der Waals surface area contributed by atoms with E-state index in [0.717, 1.165) is 24.4 Å². The Hall–Kier alpha value is -1.35. The lowest BCUT2D eigenvalue weighted by atomic mass is 9.93. The third-order valence-corrected chi connectivity index (χ3v) is 4.93. The van der Waals surface area contributed by atoms with E-state index in [1.54, 1.807) is 0 Å². The summed E-state index contributed by atoms with van der Waals surface area (Å²) in [5.74, 6) is 0. The molecule has 21 heavy (non-hydrogen) atoms. The van der Waals surface area contributed by atoms with Gasteiger partial charge in [-0.1, -0.05) is 48.0 Å². The van der Waals surface area contributed by atoms with Gasteiger partial charge in [-0.3, -0.25) is 4.90 Å². The molecule has 0 radical (unpaired) electrons. The first-order valence-corrected chi connectivity index (χ1v) is 7.73. The molecule has 0 unspecified atom stereocenters. The Morgan fingerprint density at radius 2 is 1.62 bits per heavy atom. The minimum absolute atomic E-state index is 0.0311. The molecular formula is C18H21ClN2. The zero-order chi connectivity index (χ0) is 14.9. The molecule has 2 N–H and O–H groups in total. The zero-order valence-electron chi connectivity index (χ0n) is 12.3. The SMILES string of the molecule is CN(Cc1ccc(Cl)cc1)C1(CN)Cc2ccccc2C1. The fraction of sp³-hybridized carbons (Fsp3) is 0.333. The normalized spacial score (nSPS) is 16.2. The smallest absolute Gasteiger partial charge is 0.0412 e. The van der Waals surface area contributed by atoms with Gasteiger partial charge >= 0.3 is 0 Å². The topological polar surface area (TPSA) is 29.3 Å². The molecule has 3 rings (SSSR count). The van der Waals surface area contributed by atoms with Crippen LogP contribution in [0.5, 0.6) is 0 Å². The zero-order valence-corrected chi connectivity index (χ0v) is 13.1. The van der Waals surface area contributed by atoms with E-state index in [4.69, 9.17) is 17.3 Å². The maximum Gasteiger partial charge on any atom is 0.0412 e. The standard InChI is InChI=1S/C18H21ClN2/c1-21(12-14-6-8-17(19)9-7-14)18(13-20)10-15-4-2-3-5-16(15)11-18/h2-9H,10-13,20H2,1H3. The van der Waals surface area contributed by atoms with Gasteiger partial charge < -0.3 is 5.73 Å². The van der Waals surface area contributed by atoms with Crippen LogP contribution in [0.4, 0.5) is 0 Å². The van der Waals surface area contributed by atoms with Crippen molar-refractivity contribution in [2.24, 2.45) is 5.73 Å². The molecule has 110 valence electrons. The monoisotopic (exact) mass is 300 g/mol. The Kier molecular flexibility index (Phi) is 4.03. The first-order valence-electron chi connectivity index (χ1n) is 7.35. The number of likely N-dealkylation sites (N-methyl/N-ethyl adjacent to an activating group) is 1. The van der Waals surface area contributed by atoms with Crippen LogP contribution < -0.4 is 5.73 Å². The van der Waals surface area contributed by atoms with Crippen molar-refractivity contribution in [3.63, 3.8) is 0 Å². The van der Waals surface area contributed by atoms with Gasteiger partial charge in [0.25, 0.3) is 0 Å². The summed E-state index contributed by atoms with van der Waals surface area (Å²) >= 11 is 5.96. The molecule has 0 saturated carbocycles. The molecule has 0 spiro atoms. The van der Waals surface area contributed by atoms with E-state index >= 15 is 0 Å². The second-order valence-corrected chi connectivity index (χ2v) is 6.47. The highest BCUT2D eigenvalue weighted by Crippen LogP contribution is 2.34. The Morgan fingerprint density at radius 3 is 2.14 bits per heavy atom. The van der Waals surface area contributed by atoms with E-state index in [1.165, 1.54) is 16.7 Å². The number of benzene rings is 2. The minimum atomic E-state index is 0.0311. The fourth-order valence-corrected chi connectivity index (χ4v) is 3.40. The lowest BCUT2D eigenvalue weighted by Crippen LogP contribution is -2.52. The number of hydrogen-bond acceptors (Lipinski definition) is 2. The molecule has 0 aromatic heterocycles. The Bertz CT molecular complexity index is 596. The Morgan fingerprint density at radius 1 is 1.05 bits per heavy atom. The molecule has 0 aliphatic heterocycles. The average Bonchev–Trinajstić information content (AvgIpc) is 2.89. The van der Waals surface area contributed by atoms with E-state index < -0.39 is 0 Å². The van der Waals surface area contributed by atoms with Gasteiger partial charge in [0.05, 0.1) is 0 Å². The third-order valence-electron chi connectivity index (χ3n) is 4.68. The van der Waals surface area contributed by atoms with Crippen LogP contribution in [0.1, 0.15) is 16.7 Å². The maximum atomic E-state index is 6.16. The highest BCUT2D eigenvalue weighted by atomic mass is 35.5. The van der Waals surface area contributed by atoms with Crippen molar-refractivity contribution >= 4 is 11.6 Å². The number of nitrogens with zero attached hydrogens (tertiary/aromatic N) is 1. The van der Waals surface area contributed by atoms with Crippen molar-refractivity contribution in [2.45, 2.75) is 24.9 Å². The number of hydrogen-bond donors (Lipinski definition) is 1. The molecule has 1 aliphatic rings. The van der Waals surface area contributed by atoms with E-state index in [1.807, 2.05) is 12.1 Å². The van der Waals surface area contributed by atoms with Crippen LogP contribution in [0.2, 0.25) is 5.02 Å². The lowest BCUT2D eigenvalue weighted by molar-refractivity contribution is 0.127. The van der Waals surface area contributed by atoms with Gasteiger partial charge in [-0.25, -0.2) is 0 Å². The van der Waals surface area contributed by atoms with Gasteiger partial charge in [-0.05, 0) is 48.7 Å². The summed E-state index contributed by atoms with van der Waals surface area (Å²) in [6.45, 7) is 1.56. The summed E-state index contributed by atoms with van der Waals surface area (Å²) in [6, 6.07) is 16.8. The molecule has 0 heterocycles. The van der Waals surface area contributed by atoms with Crippen molar-refractivity contribution in [1.82, 2.24) is 4.90 Å². The predicted octanol–water partition coefficient (Wildman–Crippen LogP) is 3.27.